The molecular weight excluding hydrogens is 168 g/mol. The Morgan fingerprint density at radius 3 is 2.57 bits per heavy atom. The molecule has 0 heteroatoms. The molecule has 76 valence electrons. The van der Waals surface area contributed by atoms with Crippen LogP contribution in [0.15, 0.2) is 18.2 Å². The predicted molar refractivity (Wildman–Crippen MR) is 61.7 cm³/mol. The lowest BCUT2D eigenvalue weighted by molar-refractivity contribution is 0.531. The van der Waals surface area contributed by atoms with Gasteiger partial charge in [0.2, 0.25) is 0 Å². The highest BCUT2D eigenvalue weighted by Gasteiger charge is 2.25. The first-order valence-electron chi connectivity index (χ1n) is 5.75. The molecular formula is C14H20. The third-order valence-corrected chi connectivity index (χ3v) is 3.70. The van der Waals surface area contributed by atoms with Crippen molar-refractivity contribution in [1.82, 2.24) is 0 Å². The van der Waals surface area contributed by atoms with Gasteiger partial charge in [-0.1, -0.05) is 43.5 Å². The summed E-state index contributed by atoms with van der Waals surface area (Å²) in [6.45, 7) is 6.85. The summed E-state index contributed by atoms with van der Waals surface area (Å²) in [4.78, 5) is 0. The van der Waals surface area contributed by atoms with Gasteiger partial charge in [-0.3, -0.25) is 0 Å². The Balaban J connectivity index is 2.34. The summed E-state index contributed by atoms with van der Waals surface area (Å²) in [6, 6.07) is 6.88. The molecule has 2 unspecified atom stereocenters. The minimum atomic E-state index is 0.829. The van der Waals surface area contributed by atoms with Crippen LogP contribution in [0.25, 0.3) is 0 Å². The Morgan fingerprint density at radius 1 is 1.14 bits per heavy atom. The topological polar surface area (TPSA) is 0 Å². The highest BCUT2D eigenvalue weighted by atomic mass is 14.3. The summed E-state index contributed by atoms with van der Waals surface area (Å²) in [5.41, 5.74) is 4.49. The van der Waals surface area contributed by atoms with E-state index in [1.165, 1.54) is 30.4 Å². The summed E-state index contributed by atoms with van der Waals surface area (Å²) < 4.78 is 0. The van der Waals surface area contributed by atoms with Crippen molar-refractivity contribution in [1.29, 1.82) is 0 Å². The molecule has 2 atom stereocenters. The summed E-state index contributed by atoms with van der Waals surface area (Å²) >= 11 is 0. The average Bonchev–Trinajstić information content (AvgIpc) is 2.56. The van der Waals surface area contributed by atoms with Crippen molar-refractivity contribution in [2.75, 3.05) is 0 Å². The van der Waals surface area contributed by atoms with Gasteiger partial charge >= 0.3 is 0 Å². The average molecular weight is 188 g/mol. The third-order valence-electron chi connectivity index (χ3n) is 3.70. The zero-order chi connectivity index (χ0) is 10.1. The molecule has 0 radical (unpaired) electrons. The molecule has 0 saturated heterocycles. The van der Waals surface area contributed by atoms with E-state index in [2.05, 4.69) is 39.0 Å². The fraction of sp³-hybridized carbons (Fsp3) is 0.571. The first kappa shape index (κ1) is 9.76. The molecule has 1 aromatic carbocycles. The van der Waals surface area contributed by atoms with Crippen molar-refractivity contribution < 1.29 is 0 Å². The van der Waals surface area contributed by atoms with Crippen molar-refractivity contribution in [2.45, 2.75) is 46.0 Å². The van der Waals surface area contributed by atoms with Crippen LogP contribution in [0.5, 0.6) is 0 Å². The number of aryl methyl sites for hydroxylation is 2. The van der Waals surface area contributed by atoms with Crippen LogP contribution < -0.4 is 0 Å². The van der Waals surface area contributed by atoms with E-state index >= 15 is 0 Å². The lowest BCUT2D eigenvalue weighted by Gasteiger charge is -2.18. The second kappa shape index (κ2) is 3.76. The molecule has 0 heterocycles. The van der Waals surface area contributed by atoms with Crippen LogP contribution in [0.4, 0.5) is 0 Å². The van der Waals surface area contributed by atoms with Gasteiger partial charge in [-0.2, -0.15) is 0 Å². The summed E-state index contributed by atoms with van der Waals surface area (Å²) in [5, 5.41) is 0. The van der Waals surface area contributed by atoms with Gasteiger partial charge in [0.05, 0.1) is 0 Å². The molecule has 0 spiro atoms. The number of rotatable bonds is 1. The lowest BCUT2D eigenvalue weighted by atomic mass is 9.87. The van der Waals surface area contributed by atoms with Gasteiger partial charge in [0.15, 0.2) is 0 Å². The molecule has 1 fully saturated rings. The minimum Gasteiger partial charge on any atom is -0.0619 e. The fourth-order valence-electron chi connectivity index (χ4n) is 2.77. The normalized spacial score (nSPS) is 26.8. The van der Waals surface area contributed by atoms with E-state index in [9.17, 15) is 0 Å². The zero-order valence-corrected chi connectivity index (χ0v) is 9.51. The Morgan fingerprint density at radius 2 is 1.93 bits per heavy atom. The molecule has 1 saturated carbocycles. The van der Waals surface area contributed by atoms with E-state index in [0.29, 0.717) is 0 Å². The molecule has 0 aromatic heterocycles. The van der Waals surface area contributed by atoms with E-state index < -0.39 is 0 Å². The second-order valence-electron chi connectivity index (χ2n) is 4.87. The summed E-state index contributed by atoms with van der Waals surface area (Å²) in [7, 11) is 0. The van der Waals surface area contributed by atoms with E-state index in [-0.39, 0.29) is 0 Å². The van der Waals surface area contributed by atoms with Gasteiger partial charge in [0, 0.05) is 0 Å². The van der Waals surface area contributed by atoms with Crippen LogP contribution in [0.2, 0.25) is 0 Å². The molecule has 0 nitrogen and oxygen atoms in total. The van der Waals surface area contributed by atoms with Gasteiger partial charge in [-0.15, -0.1) is 0 Å². The monoisotopic (exact) mass is 188 g/mol. The van der Waals surface area contributed by atoms with Gasteiger partial charge in [-0.05, 0) is 43.2 Å². The number of hydrogen-bond acceptors (Lipinski definition) is 0. The first-order valence-corrected chi connectivity index (χ1v) is 5.75. The van der Waals surface area contributed by atoms with Crippen molar-refractivity contribution in [3.63, 3.8) is 0 Å². The summed E-state index contributed by atoms with van der Waals surface area (Å²) in [6.07, 6.45) is 4.22. The van der Waals surface area contributed by atoms with Crippen LogP contribution >= 0.6 is 0 Å². The standard InChI is InChI=1S/C14H20/c1-10-7-8-12(3)14(9-10)13-6-4-5-11(13)2/h7-9,11,13H,4-6H2,1-3H3. The Kier molecular flexibility index (Phi) is 2.62. The highest BCUT2D eigenvalue weighted by molar-refractivity contribution is 5.34. The molecule has 2 rings (SSSR count). The molecule has 0 aliphatic heterocycles. The number of benzene rings is 1. The van der Waals surface area contributed by atoms with Crippen LogP contribution in [-0.2, 0) is 0 Å². The summed E-state index contributed by atoms with van der Waals surface area (Å²) in [5.74, 6) is 1.71. The van der Waals surface area contributed by atoms with Crippen LogP contribution in [-0.4, -0.2) is 0 Å². The molecule has 0 bridgehead atoms. The van der Waals surface area contributed by atoms with Crippen LogP contribution in [0, 0.1) is 19.8 Å². The maximum absolute atomic E-state index is 2.40. The Hall–Kier alpha value is -0.780. The lowest BCUT2D eigenvalue weighted by Crippen LogP contribution is -2.04. The van der Waals surface area contributed by atoms with Crippen molar-refractivity contribution in [2.24, 2.45) is 5.92 Å². The van der Waals surface area contributed by atoms with Crippen LogP contribution in [0.3, 0.4) is 0 Å². The maximum Gasteiger partial charge on any atom is -0.0134 e. The van der Waals surface area contributed by atoms with E-state index in [1.807, 2.05) is 0 Å². The molecule has 0 N–H and O–H groups in total. The largest absolute Gasteiger partial charge is 0.0619 e. The van der Waals surface area contributed by atoms with E-state index in [0.717, 1.165) is 11.8 Å². The van der Waals surface area contributed by atoms with Gasteiger partial charge in [-0.25, -0.2) is 0 Å². The molecule has 1 aliphatic carbocycles. The molecule has 1 aromatic rings. The quantitative estimate of drug-likeness (QED) is 0.619. The van der Waals surface area contributed by atoms with Crippen molar-refractivity contribution >= 4 is 0 Å². The molecule has 1 aliphatic rings. The minimum absolute atomic E-state index is 0.829. The molecule has 0 amide bonds. The van der Waals surface area contributed by atoms with Crippen LogP contribution in [0.1, 0.15) is 48.8 Å². The Labute approximate surface area is 87.3 Å². The fourth-order valence-corrected chi connectivity index (χ4v) is 2.77. The van der Waals surface area contributed by atoms with Crippen molar-refractivity contribution in [3.05, 3.63) is 34.9 Å². The SMILES string of the molecule is Cc1ccc(C)c(C2CCCC2C)c1. The smallest absolute Gasteiger partial charge is 0.0134 e. The predicted octanol–water partition coefficient (Wildman–Crippen LogP) is 4.21. The van der Waals surface area contributed by atoms with Gasteiger partial charge in [0.25, 0.3) is 0 Å². The second-order valence-corrected chi connectivity index (χ2v) is 4.87. The van der Waals surface area contributed by atoms with Gasteiger partial charge < -0.3 is 0 Å². The van der Waals surface area contributed by atoms with E-state index in [1.54, 1.807) is 5.56 Å². The zero-order valence-electron chi connectivity index (χ0n) is 9.51. The van der Waals surface area contributed by atoms with Crippen molar-refractivity contribution in [3.8, 4) is 0 Å². The Bertz CT molecular complexity index is 325. The van der Waals surface area contributed by atoms with Gasteiger partial charge in [0.1, 0.15) is 0 Å². The first-order chi connectivity index (χ1) is 6.68. The molecule has 14 heavy (non-hydrogen) atoms. The number of hydrogen-bond donors (Lipinski definition) is 0. The highest BCUT2D eigenvalue weighted by Crippen LogP contribution is 2.40. The third kappa shape index (κ3) is 1.70. The van der Waals surface area contributed by atoms with E-state index in [4.69, 9.17) is 0 Å². The maximum atomic E-state index is 2.40.